The first-order valence-corrected chi connectivity index (χ1v) is 10.5. The highest BCUT2D eigenvalue weighted by atomic mass is 79.9. The Balaban J connectivity index is 1.63. The van der Waals surface area contributed by atoms with E-state index in [1.165, 1.54) is 11.8 Å². The normalized spacial score (nSPS) is 16.8. The van der Waals surface area contributed by atoms with E-state index in [4.69, 9.17) is 23.2 Å². The molecule has 4 rings (SSSR count). The van der Waals surface area contributed by atoms with Crippen LogP contribution in [0.2, 0.25) is 10.0 Å². The van der Waals surface area contributed by atoms with Gasteiger partial charge in [0.05, 0.1) is 20.6 Å². The summed E-state index contributed by atoms with van der Waals surface area (Å²) in [7, 11) is 0. The van der Waals surface area contributed by atoms with Crippen molar-refractivity contribution in [1.82, 2.24) is 9.88 Å². The number of halogens is 3. The number of aromatic nitrogens is 1. The van der Waals surface area contributed by atoms with Gasteiger partial charge in [-0.2, -0.15) is 0 Å². The predicted molar refractivity (Wildman–Crippen MR) is 121 cm³/mol. The van der Waals surface area contributed by atoms with E-state index in [1.54, 1.807) is 18.2 Å². The lowest BCUT2D eigenvalue weighted by Gasteiger charge is -2.07. The highest BCUT2D eigenvalue weighted by Crippen LogP contribution is 2.34. The molecule has 1 N–H and O–H groups in total. The van der Waals surface area contributed by atoms with Gasteiger partial charge in [-0.25, -0.2) is 4.99 Å². The van der Waals surface area contributed by atoms with Gasteiger partial charge in [0.1, 0.15) is 0 Å². The Morgan fingerprint density at radius 1 is 1.07 bits per heavy atom. The predicted octanol–water partition coefficient (Wildman–Crippen LogP) is 6.44. The fourth-order valence-electron chi connectivity index (χ4n) is 2.65. The van der Waals surface area contributed by atoms with Gasteiger partial charge in [0.2, 0.25) is 0 Å². The Morgan fingerprint density at radius 2 is 1.86 bits per heavy atom. The number of amidine groups is 1. The summed E-state index contributed by atoms with van der Waals surface area (Å²) in [5, 5.41) is 4.00. The zero-order valence-electron chi connectivity index (χ0n) is 14.2. The van der Waals surface area contributed by atoms with Crippen LogP contribution in [0.5, 0.6) is 0 Å². The number of aliphatic imine (C=N–C) groups is 1. The van der Waals surface area contributed by atoms with Crippen molar-refractivity contribution in [3.8, 4) is 5.69 Å². The molecular weight excluding hydrogens is 481 g/mol. The number of nitrogens with one attached hydrogen (secondary N) is 1. The summed E-state index contributed by atoms with van der Waals surface area (Å²) in [5.41, 5.74) is 2.40. The van der Waals surface area contributed by atoms with Crippen LogP contribution in [-0.2, 0) is 4.79 Å². The molecule has 2 aromatic carbocycles. The highest BCUT2D eigenvalue weighted by Gasteiger charge is 2.24. The molecule has 8 heteroatoms. The maximum Gasteiger partial charge on any atom is 0.264 e. The zero-order chi connectivity index (χ0) is 19.7. The van der Waals surface area contributed by atoms with Crippen molar-refractivity contribution in [2.75, 3.05) is 0 Å². The van der Waals surface area contributed by atoms with Crippen molar-refractivity contribution < 1.29 is 4.79 Å². The summed E-state index contributed by atoms with van der Waals surface area (Å²) < 4.78 is 3.02. The van der Waals surface area contributed by atoms with E-state index in [1.807, 2.05) is 53.2 Å². The smallest absolute Gasteiger partial charge is 0.264 e. The van der Waals surface area contributed by atoms with Gasteiger partial charge in [0, 0.05) is 22.1 Å². The molecule has 1 aromatic heterocycles. The van der Waals surface area contributed by atoms with E-state index < -0.39 is 0 Å². The third-order valence-corrected chi connectivity index (χ3v) is 6.22. The van der Waals surface area contributed by atoms with Crippen LogP contribution in [0, 0.1) is 0 Å². The number of nitrogens with zero attached hydrogens (tertiary/aromatic N) is 2. The molecule has 0 bridgehead atoms. The van der Waals surface area contributed by atoms with E-state index >= 15 is 0 Å². The number of thioether (sulfide) groups is 1. The first kappa shape index (κ1) is 19.3. The van der Waals surface area contributed by atoms with Crippen LogP contribution >= 0.6 is 50.9 Å². The van der Waals surface area contributed by atoms with Gasteiger partial charge in [-0.3, -0.25) is 4.79 Å². The summed E-state index contributed by atoms with van der Waals surface area (Å²) in [6.07, 6.45) is 3.79. The zero-order valence-corrected chi connectivity index (χ0v) is 18.1. The van der Waals surface area contributed by atoms with Crippen LogP contribution in [0.4, 0.5) is 5.69 Å². The van der Waals surface area contributed by atoms with Crippen molar-refractivity contribution in [3.05, 3.63) is 85.9 Å². The summed E-state index contributed by atoms with van der Waals surface area (Å²) in [6.45, 7) is 0. The fourth-order valence-corrected chi connectivity index (χ4v) is 4.07. The number of benzene rings is 2. The average molecular weight is 493 g/mol. The Bertz CT molecular complexity index is 1120. The minimum Gasteiger partial charge on any atom is -0.317 e. The number of rotatable bonds is 3. The van der Waals surface area contributed by atoms with Crippen molar-refractivity contribution in [2.24, 2.45) is 4.99 Å². The first-order chi connectivity index (χ1) is 13.5. The second-order valence-electron chi connectivity index (χ2n) is 5.83. The van der Waals surface area contributed by atoms with Gasteiger partial charge in [0.25, 0.3) is 5.91 Å². The van der Waals surface area contributed by atoms with Crippen LogP contribution in [0.3, 0.4) is 0 Å². The van der Waals surface area contributed by atoms with Crippen LogP contribution in [0.15, 0.2) is 75.2 Å². The van der Waals surface area contributed by atoms with Crippen LogP contribution < -0.4 is 5.32 Å². The van der Waals surface area contributed by atoms with E-state index in [0.29, 0.717) is 25.8 Å². The number of carbonyl (C=O) groups is 1. The molecule has 0 spiro atoms. The molecule has 2 heterocycles. The van der Waals surface area contributed by atoms with Crippen molar-refractivity contribution >= 4 is 73.7 Å². The van der Waals surface area contributed by atoms with Crippen molar-refractivity contribution in [2.45, 2.75) is 0 Å². The SMILES string of the molecule is O=C1NC(=Nc2cccc(Cl)c2Cl)S/C1=C\c1cccn1-c1ccc(Br)cc1. The van der Waals surface area contributed by atoms with Crippen LogP contribution in [0.1, 0.15) is 5.69 Å². The Hall–Kier alpha value is -1.99. The monoisotopic (exact) mass is 491 g/mol. The third-order valence-electron chi connectivity index (χ3n) is 3.97. The molecule has 1 amide bonds. The van der Waals surface area contributed by atoms with Crippen molar-refractivity contribution in [1.29, 1.82) is 0 Å². The first-order valence-electron chi connectivity index (χ1n) is 8.18. The molecule has 0 saturated carbocycles. The topological polar surface area (TPSA) is 46.4 Å². The maximum atomic E-state index is 12.4. The maximum absolute atomic E-state index is 12.4. The molecule has 0 aliphatic carbocycles. The third kappa shape index (κ3) is 4.05. The molecule has 3 aromatic rings. The van der Waals surface area contributed by atoms with Gasteiger partial charge >= 0.3 is 0 Å². The Kier molecular flexibility index (Phi) is 5.64. The Labute approximate surface area is 184 Å². The summed E-state index contributed by atoms with van der Waals surface area (Å²) >= 11 is 16.9. The second-order valence-corrected chi connectivity index (χ2v) is 8.57. The van der Waals surface area contributed by atoms with Gasteiger partial charge < -0.3 is 9.88 Å². The number of amides is 1. The molecule has 1 aliphatic rings. The largest absolute Gasteiger partial charge is 0.317 e. The van der Waals surface area contributed by atoms with Crippen molar-refractivity contribution in [3.63, 3.8) is 0 Å². The lowest BCUT2D eigenvalue weighted by molar-refractivity contribution is -0.115. The molecule has 0 atom stereocenters. The number of hydrogen-bond acceptors (Lipinski definition) is 3. The lowest BCUT2D eigenvalue weighted by atomic mass is 10.3. The van der Waals surface area contributed by atoms with E-state index in [2.05, 4.69) is 26.2 Å². The minimum absolute atomic E-state index is 0.203. The van der Waals surface area contributed by atoms with E-state index in [9.17, 15) is 4.79 Å². The molecule has 1 aliphatic heterocycles. The highest BCUT2D eigenvalue weighted by molar-refractivity contribution is 9.10. The quantitative estimate of drug-likeness (QED) is 0.427. The summed E-state index contributed by atoms with van der Waals surface area (Å²) in [5.74, 6) is -0.203. The molecule has 4 nitrogen and oxygen atoms in total. The molecular formula is C20H12BrCl2N3OS. The number of carbonyl (C=O) groups excluding carboxylic acids is 1. The summed E-state index contributed by atoms with van der Waals surface area (Å²) in [4.78, 5) is 17.4. The van der Waals surface area contributed by atoms with E-state index in [0.717, 1.165) is 15.9 Å². The molecule has 1 fully saturated rings. The molecule has 1 saturated heterocycles. The Morgan fingerprint density at radius 3 is 2.64 bits per heavy atom. The minimum atomic E-state index is -0.203. The lowest BCUT2D eigenvalue weighted by Crippen LogP contribution is -2.19. The molecule has 28 heavy (non-hydrogen) atoms. The van der Waals surface area contributed by atoms with Crippen LogP contribution in [0.25, 0.3) is 11.8 Å². The van der Waals surface area contributed by atoms with Gasteiger partial charge in [-0.15, -0.1) is 0 Å². The molecule has 0 radical (unpaired) electrons. The number of hydrogen-bond donors (Lipinski definition) is 1. The van der Waals surface area contributed by atoms with Crippen LogP contribution in [-0.4, -0.2) is 15.6 Å². The van der Waals surface area contributed by atoms with E-state index in [-0.39, 0.29) is 5.91 Å². The summed E-state index contributed by atoms with van der Waals surface area (Å²) in [6, 6.07) is 17.0. The fraction of sp³-hybridized carbons (Fsp3) is 0. The van der Waals surface area contributed by atoms with Gasteiger partial charge in [0.15, 0.2) is 5.17 Å². The second kappa shape index (κ2) is 8.17. The molecule has 140 valence electrons. The van der Waals surface area contributed by atoms with Gasteiger partial charge in [-0.05, 0) is 66.4 Å². The molecule has 0 unspecified atom stereocenters. The average Bonchev–Trinajstić information content (AvgIpc) is 3.27. The van der Waals surface area contributed by atoms with Gasteiger partial charge in [-0.1, -0.05) is 45.2 Å². The standard InChI is InChI=1S/C20H12BrCl2N3OS/c21-12-6-8-13(9-7-12)26-10-2-3-14(26)11-17-19(27)25-20(28-17)24-16-5-1-4-15(22)18(16)23/h1-11H,(H,24,25,27)/b17-11-.